The minimum Gasteiger partial charge on any atom is -0.375 e. The molecular formula is C26H56N2O3. The molecule has 0 spiro atoms. The van der Waals surface area contributed by atoms with Gasteiger partial charge in [0.25, 0.3) is 0 Å². The third kappa shape index (κ3) is 12.0. The quantitative estimate of drug-likeness (QED) is 0.340. The largest absolute Gasteiger partial charge is 0.375 e. The second-order valence-electron chi connectivity index (χ2n) is 12.9. The van der Waals surface area contributed by atoms with Crippen LogP contribution < -0.4 is 11.5 Å². The van der Waals surface area contributed by atoms with E-state index in [0.717, 1.165) is 19.3 Å². The van der Waals surface area contributed by atoms with Gasteiger partial charge in [0.1, 0.15) is 0 Å². The topological polar surface area (TPSA) is 79.7 Å². The molecule has 0 aromatic rings. The molecule has 0 saturated carbocycles. The Labute approximate surface area is 194 Å². The van der Waals surface area contributed by atoms with Crippen LogP contribution in [-0.4, -0.2) is 47.7 Å². The molecule has 0 aromatic carbocycles. The van der Waals surface area contributed by atoms with Crippen LogP contribution in [0.25, 0.3) is 0 Å². The standard InChI is InChI=1S/C26H56N2O3/c1-19(25(10,11)28)18-30-26(12,13)22(4,5)14-15-29-23(6,7)17-21(3)31-24(8,9)16-20(2)27/h19-21H,14-18,27-28H2,1-13H3. The molecule has 0 aliphatic carbocycles. The summed E-state index contributed by atoms with van der Waals surface area (Å²) in [5, 5.41) is 0. The fraction of sp³-hybridized carbons (Fsp3) is 1.00. The molecule has 0 amide bonds. The molecule has 0 aliphatic rings. The van der Waals surface area contributed by atoms with Gasteiger partial charge in [-0.25, -0.2) is 0 Å². The summed E-state index contributed by atoms with van der Waals surface area (Å²) in [6, 6.07) is 0.123. The van der Waals surface area contributed by atoms with E-state index in [-0.39, 0.29) is 45.8 Å². The zero-order valence-electron chi connectivity index (χ0n) is 23.1. The molecular weight excluding hydrogens is 388 g/mol. The second kappa shape index (κ2) is 11.3. The van der Waals surface area contributed by atoms with E-state index in [1.54, 1.807) is 0 Å². The van der Waals surface area contributed by atoms with Gasteiger partial charge in [-0.3, -0.25) is 0 Å². The lowest BCUT2D eigenvalue weighted by molar-refractivity contribution is -0.136. The highest BCUT2D eigenvalue weighted by molar-refractivity contribution is 4.89. The van der Waals surface area contributed by atoms with Gasteiger partial charge in [0.15, 0.2) is 0 Å². The smallest absolute Gasteiger partial charge is 0.0678 e. The van der Waals surface area contributed by atoms with Crippen LogP contribution in [0.3, 0.4) is 0 Å². The van der Waals surface area contributed by atoms with Crippen LogP contribution in [0, 0.1) is 11.3 Å². The third-order valence-corrected chi connectivity index (χ3v) is 6.93. The molecule has 0 aliphatic heterocycles. The molecule has 3 unspecified atom stereocenters. The van der Waals surface area contributed by atoms with Crippen molar-refractivity contribution in [2.45, 2.75) is 144 Å². The lowest BCUT2D eigenvalue weighted by Crippen LogP contribution is -2.47. The van der Waals surface area contributed by atoms with Gasteiger partial charge in [-0.1, -0.05) is 20.8 Å². The van der Waals surface area contributed by atoms with E-state index in [9.17, 15) is 0 Å². The van der Waals surface area contributed by atoms with Crippen molar-refractivity contribution in [1.82, 2.24) is 0 Å². The van der Waals surface area contributed by atoms with E-state index < -0.39 is 0 Å². The minimum absolute atomic E-state index is 0.0388. The number of nitrogens with two attached hydrogens (primary N) is 2. The first-order valence-electron chi connectivity index (χ1n) is 12.1. The van der Waals surface area contributed by atoms with E-state index in [1.165, 1.54) is 0 Å². The molecule has 188 valence electrons. The molecule has 0 radical (unpaired) electrons. The molecule has 5 nitrogen and oxygen atoms in total. The molecule has 0 heterocycles. The van der Waals surface area contributed by atoms with Crippen molar-refractivity contribution in [2.24, 2.45) is 22.8 Å². The highest BCUT2D eigenvalue weighted by atomic mass is 16.5. The Morgan fingerprint density at radius 1 is 0.742 bits per heavy atom. The predicted octanol–water partition coefficient (Wildman–Crippen LogP) is 5.68. The Kier molecular flexibility index (Phi) is 11.2. The van der Waals surface area contributed by atoms with E-state index in [4.69, 9.17) is 25.7 Å². The molecule has 31 heavy (non-hydrogen) atoms. The maximum atomic E-state index is 6.35. The summed E-state index contributed by atoms with van der Waals surface area (Å²) in [4.78, 5) is 0. The molecule has 3 atom stereocenters. The number of hydrogen-bond donors (Lipinski definition) is 2. The predicted molar refractivity (Wildman–Crippen MR) is 133 cm³/mol. The first-order chi connectivity index (χ1) is 13.6. The van der Waals surface area contributed by atoms with Gasteiger partial charge in [-0.2, -0.15) is 0 Å². The van der Waals surface area contributed by atoms with Crippen molar-refractivity contribution in [2.75, 3.05) is 13.2 Å². The number of hydrogen-bond acceptors (Lipinski definition) is 5. The van der Waals surface area contributed by atoms with Crippen LogP contribution in [0.4, 0.5) is 0 Å². The van der Waals surface area contributed by atoms with Crippen molar-refractivity contribution in [3.8, 4) is 0 Å². The first-order valence-corrected chi connectivity index (χ1v) is 12.1. The van der Waals surface area contributed by atoms with Gasteiger partial charge in [0.2, 0.25) is 0 Å². The highest BCUT2D eigenvalue weighted by Gasteiger charge is 2.39. The molecule has 0 rings (SSSR count). The molecule has 5 heteroatoms. The van der Waals surface area contributed by atoms with E-state index in [0.29, 0.717) is 13.2 Å². The molecule has 0 aromatic heterocycles. The fourth-order valence-corrected chi connectivity index (χ4v) is 3.79. The fourth-order valence-electron chi connectivity index (χ4n) is 3.79. The molecule has 0 bridgehead atoms. The zero-order chi connectivity index (χ0) is 24.9. The summed E-state index contributed by atoms with van der Waals surface area (Å²) in [6.07, 6.45) is 2.67. The SMILES string of the molecule is CC(N)CC(C)(C)OC(C)CC(C)(C)OCCC(C)(C)C(C)(C)OCC(C)C(C)(C)N. The van der Waals surface area contributed by atoms with Crippen molar-refractivity contribution < 1.29 is 14.2 Å². The summed E-state index contributed by atoms with van der Waals surface area (Å²) < 4.78 is 19.0. The number of ether oxygens (including phenoxy) is 3. The average Bonchev–Trinajstić information content (AvgIpc) is 2.47. The summed E-state index contributed by atoms with van der Waals surface area (Å²) in [5.74, 6) is 0.283. The Balaban J connectivity index is 4.70. The van der Waals surface area contributed by atoms with Gasteiger partial charge in [0, 0.05) is 24.6 Å². The van der Waals surface area contributed by atoms with Gasteiger partial charge >= 0.3 is 0 Å². The van der Waals surface area contributed by atoms with Crippen molar-refractivity contribution >= 4 is 0 Å². The second-order valence-corrected chi connectivity index (χ2v) is 12.9. The molecule has 0 fully saturated rings. The highest BCUT2D eigenvalue weighted by Crippen LogP contribution is 2.38. The van der Waals surface area contributed by atoms with E-state index >= 15 is 0 Å². The Morgan fingerprint density at radius 2 is 1.26 bits per heavy atom. The van der Waals surface area contributed by atoms with Crippen LogP contribution in [0.5, 0.6) is 0 Å². The maximum absolute atomic E-state index is 6.35. The van der Waals surface area contributed by atoms with Crippen LogP contribution in [-0.2, 0) is 14.2 Å². The molecule has 4 N–H and O–H groups in total. The van der Waals surface area contributed by atoms with Gasteiger partial charge < -0.3 is 25.7 Å². The maximum Gasteiger partial charge on any atom is 0.0678 e. The third-order valence-electron chi connectivity index (χ3n) is 6.93. The lowest BCUT2D eigenvalue weighted by Gasteiger charge is -2.43. The summed E-state index contributed by atoms with van der Waals surface area (Å²) in [5.41, 5.74) is 11.1. The van der Waals surface area contributed by atoms with Gasteiger partial charge in [-0.05, 0) is 93.4 Å². The van der Waals surface area contributed by atoms with E-state index in [2.05, 4.69) is 83.1 Å². The van der Waals surface area contributed by atoms with Crippen LogP contribution in [0.2, 0.25) is 0 Å². The number of rotatable bonds is 15. The first kappa shape index (κ1) is 30.8. The van der Waals surface area contributed by atoms with Gasteiger partial charge in [0.05, 0.1) is 29.5 Å². The van der Waals surface area contributed by atoms with Crippen LogP contribution in [0.15, 0.2) is 0 Å². The minimum atomic E-state index is -0.278. The summed E-state index contributed by atoms with van der Waals surface area (Å²) >= 11 is 0. The molecule has 0 saturated heterocycles. The Hall–Kier alpha value is -0.200. The van der Waals surface area contributed by atoms with Gasteiger partial charge in [-0.15, -0.1) is 0 Å². The summed E-state index contributed by atoms with van der Waals surface area (Å²) in [7, 11) is 0. The van der Waals surface area contributed by atoms with E-state index in [1.807, 2.05) is 6.92 Å². The van der Waals surface area contributed by atoms with Crippen molar-refractivity contribution in [3.05, 3.63) is 0 Å². The Morgan fingerprint density at radius 3 is 1.71 bits per heavy atom. The van der Waals surface area contributed by atoms with Crippen molar-refractivity contribution in [3.63, 3.8) is 0 Å². The lowest BCUT2D eigenvalue weighted by atomic mass is 9.74. The van der Waals surface area contributed by atoms with Crippen LogP contribution in [0.1, 0.15) is 109 Å². The van der Waals surface area contributed by atoms with Crippen molar-refractivity contribution in [1.29, 1.82) is 0 Å². The monoisotopic (exact) mass is 444 g/mol. The zero-order valence-corrected chi connectivity index (χ0v) is 23.1. The average molecular weight is 445 g/mol. The normalized spacial score (nSPS) is 17.5. The summed E-state index contributed by atoms with van der Waals surface area (Å²) in [6.45, 7) is 29.1. The Bertz CT molecular complexity index is 519. The van der Waals surface area contributed by atoms with Crippen LogP contribution >= 0.6 is 0 Å².